The molecule has 0 aliphatic carbocycles. The summed E-state index contributed by atoms with van der Waals surface area (Å²) in [5.41, 5.74) is 1.67. The Morgan fingerprint density at radius 3 is 2.65 bits per heavy atom. The molecule has 2 aromatic carbocycles. The van der Waals surface area contributed by atoms with Crippen LogP contribution in [0.15, 0.2) is 55.1 Å². The summed E-state index contributed by atoms with van der Waals surface area (Å²) in [6.45, 7) is 0. The molecular weight excluding hydrogens is 316 g/mol. The van der Waals surface area contributed by atoms with Crippen molar-refractivity contribution in [2.24, 2.45) is 0 Å². The van der Waals surface area contributed by atoms with Crippen LogP contribution >= 0.6 is 11.6 Å². The Kier molecular flexibility index (Phi) is 4.25. The Hall–Kier alpha value is -2.86. The minimum atomic E-state index is -0.325. The number of carbonyl (C=O) groups excluding carboxylic acids is 1. The smallest absolute Gasteiger partial charge is 0.257 e. The molecule has 1 N–H and O–H groups in total. The van der Waals surface area contributed by atoms with Gasteiger partial charge in [0.1, 0.15) is 18.4 Å². The Morgan fingerprint density at radius 1 is 1.17 bits per heavy atom. The summed E-state index contributed by atoms with van der Waals surface area (Å²) in [5.74, 6) is 0.251. The van der Waals surface area contributed by atoms with Crippen LogP contribution in [0.1, 0.15) is 10.4 Å². The maximum atomic E-state index is 12.5. The number of carbonyl (C=O) groups is 1. The van der Waals surface area contributed by atoms with E-state index in [4.69, 9.17) is 16.3 Å². The summed E-state index contributed by atoms with van der Waals surface area (Å²) in [4.78, 5) is 12.5. The highest BCUT2D eigenvalue weighted by atomic mass is 35.5. The average molecular weight is 329 g/mol. The van der Waals surface area contributed by atoms with E-state index < -0.39 is 0 Å². The molecular formula is C16H13ClN4O2. The Balaban J connectivity index is 1.91. The molecule has 0 saturated heterocycles. The Bertz CT molecular complexity index is 834. The Morgan fingerprint density at radius 2 is 1.91 bits per heavy atom. The van der Waals surface area contributed by atoms with Crippen molar-refractivity contribution in [2.75, 3.05) is 12.4 Å². The van der Waals surface area contributed by atoms with Gasteiger partial charge in [-0.15, -0.1) is 10.2 Å². The number of aromatic nitrogens is 3. The van der Waals surface area contributed by atoms with Gasteiger partial charge in [-0.2, -0.15) is 0 Å². The molecule has 0 radical (unpaired) electrons. The number of para-hydroxylation sites is 2. The van der Waals surface area contributed by atoms with Crippen LogP contribution in [0.5, 0.6) is 5.75 Å². The van der Waals surface area contributed by atoms with Crippen LogP contribution in [0.2, 0.25) is 5.02 Å². The minimum absolute atomic E-state index is 0.325. The van der Waals surface area contributed by atoms with Gasteiger partial charge >= 0.3 is 0 Å². The fourth-order valence-corrected chi connectivity index (χ4v) is 2.32. The fraction of sp³-hybridized carbons (Fsp3) is 0.0625. The first-order chi connectivity index (χ1) is 11.2. The van der Waals surface area contributed by atoms with E-state index in [1.807, 2.05) is 12.1 Å². The maximum absolute atomic E-state index is 12.5. The molecule has 0 spiro atoms. The largest absolute Gasteiger partial charge is 0.495 e. The van der Waals surface area contributed by atoms with Crippen LogP contribution in [0.25, 0.3) is 5.69 Å². The molecule has 1 amide bonds. The number of amides is 1. The minimum Gasteiger partial charge on any atom is -0.495 e. The van der Waals surface area contributed by atoms with Crippen molar-refractivity contribution in [3.63, 3.8) is 0 Å². The zero-order chi connectivity index (χ0) is 16.2. The first-order valence-electron chi connectivity index (χ1n) is 6.78. The van der Waals surface area contributed by atoms with E-state index in [1.165, 1.54) is 0 Å². The first kappa shape index (κ1) is 15.1. The van der Waals surface area contributed by atoms with Gasteiger partial charge in [-0.1, -0.05) is 23.7 Å². The molecule has 23 heavy (non-hydrogen) atoms. The summed E-state index contributed by atoms with van der Waals surface area (Å²) < 4.78 is 6.92. The zero-order valence-corrected chi connectivity index (χ0v) is 13.0. The molecule has 0 unspecified atom stereocenters. The van der Waals surface area contributed by atoms with Gasteiger partial charge < -0.3 is 10.1 Å². The van der Waals surface area contributed by atoms with Crippen LogP contribution in [0, 0.1) is 0 Å². The lowest BCUT2D eigenvalue weighted by Crippen LogP contribution is -2.13. The molecule has 0 atom stereocenters. The number of benzene rings is 2. The quantitative estimate of drug-likeness (QED) is 0.798. The van der Waals surface area contributed by atoms with Gasteiger partial charge in [0.15, 0.2) is 0 Å². The lowest BCUT2D eigenvalue weighted by Gasteiger charge is -2.11. The van der Waals surface area contributed by atoms with Crippen LogP contribution in [0.3, 0.4) is 0 Å². The predicted octanol–water partition coefficient (Wildman–Crippen LogP) is 3.18. The molecule has 0 fully saturated rings. The highest BCUT2D eigenvalue weighted by molar-refractivity contribution is 6.34. The molecule has 0 aliphatic heterocycles. The second kappa shape index (κ2) is 6.50. The number of halogens is 1. The van der Waals surface area contributed by atoms with Gasteiger partial charge in [0.25, 0.3) is 5.91 Å². The van der Waals surface area contributed by atoms with Gasteiger partial charge in [0.05, 0.1) is 23.4 Å². The summed E-state index contributed by atoms with van der Waals surface area (Å²) in [5, 5.41) is 10.7. The maximum Gasteiger partial charge on any atom is 0.257 e. The van der Waals surface area contributed by atoms with E-state index in [-0.39, 0.29) is 5.91 Å². The normalized spacial score (nSPS) is 10.3. The van der Waals surface area contributed by atoms with Crippen molar-refractivity contribution >= 4 is 23.2 Å². The lowest BCUT2D eigenvalue weighted by molar-refractivity contribution is 0.102. The van der Waals surface area contributed by atoms with Crippen molar-refractivity contribution in [1.82, 2.24) is 14.8 Å². The average Bonchev–Trinajstić information content (AvgIpc) is 3.10. The molecule has 1 aromatic heterocycles. The van der Waals surface area contributed by atoms with Crippen LogP contribution in [0.4, 0.5) is 5.69 Å². The number of ether oxygens (including phenoxy) is 1. The van der Waals surface area contributed by atoms with Crippen molar-refractivity contribution in [3.8, 4) is 11.4 Å². The topological polar surface area (TPSA) is 69.0 Å². The third-order valence-electron chi connectivity index (χ3n) is 3.27. The van der Waals surface area contributed by atoms with Gasteiger partial charge in [0.2, 0.25) is 0 Å². The van der Waals surface area contributed by atoms with E-state index in [1.54, 1.807) is 54.7 Å². The summed E-state index contributed by atoms with van der Waals surface area (Å²) in [7, 11) is 1.55. The molecule has 3 aromatic rings. The number of anilines is 1. The summed E-state index contributed by atoms with van der Waals surface area (Å²) >= 11 is 6.16. The molecule has 0 aliphatic rings. The fourth-order valence-electron chi connectivity index (χ4n) is 2.12. The van der Waals surface area contributed by atoms with Gasteiger partial charge in [-0.25, -0.2) is 0 Å². The highest BCUT2D eigenvalue weighted by Gasteiger charge is 2.14. The van der Waals surface area contributed by atoms with E-state index in [0.717, 1.165) is 5.69 Å². The van der Waals surface area contributed by atoms with Crippen LogP contribution in [-0.4, -0.2) is 27.8 Å². The van der Waals surface area contributed by atoms with Crippen molar-refractivity contribution in [3.05, 3.63) is 65.7 Å². The molecule has 3 rings (SSSR count). The second-order valence-electron chi connectivity index (χ2n) is 4.69. The number of methoxy groups -OCH3 is 1. The summed E-state index contributed by atoms with van der Waals surface area (Å²) in [6, 6.07) is 12.3. The van der Waals surface area contributed by atoms with Gasteiger partial charge in [-0.3, -0.25) is 9.36 Å². The number of hydrogen-bond acceptors (Lipinski definition) is 4. The number of hydrogen-bond donors (Lipinski definition) is 1. The molecule has 1 heterocycles. The monoisotopic (exact) mass is 328 g/mol. The standard InChI is InChI=1S/C16H13ClN4O2/c1-23-15-5-3-2-4-14(15)20-16(22)12-8-11(6-7-13(12)17)21-9-18-19-10-21/h2-10H,1H3,(H,20,22). The van der Waals surface area contributed by atoms with Crippen LogP contribution < -0.4 is 10.1 Å². The highest BCUT2D eigenvalue weighted by Crippen LogP contribution is 2.26. The SMILES string of the molecule is COc1ccccc1NC(=O)c1cc(-n2cnnc2)ccc1Cl. The Labute approximate surface area is 137 Å². The molecule has 0 saturated carbocycles. The third kappa shape index (κ3) is 3.17. The van der Waals surface area contributed by atoms with Gasteiger partial charge in [0, 0.05) is 5.69 Å². The first-order valence-corrected chi connectivity index (χ1v) is 7.16. The van der Waals surface area contributed by atoms with E-state index in [2.05, 4.69) is 15.5 Å². The number of nitrogens with zero attached hydrogens (tertiary/aromatic N) is 3. The molecule has 6 nitrogen and oxygen atoms in total. The van der Waals surface area contributed by atoms with Crippen LogP contribution in [-0.2, 0) is 0 Å². The third-order valence-corrected chi connectivity index (χ3v) is 3.60. The predicted molar refractivity (Wildman–Crippen MR) is 87.3 cm³/mol. The second-order valence-corrected chi connectivity index (χ2v) is 5.09. The van der Waals surface area contributed by atoms with Crippen molar-refractivity contribution < 1.29 is 9.53 Å². The number of rotatable bonds is 4. The zero-order valence-electron chi connectivity index (χ0n) is 12.2. The molecule has 116 valence electrons. The van der Waals surface area contributed by atoms with E-state index >= 15 is 0 Å². The number of nitrogens with one attached hydrogen (secondary N) is 1. The van der Waals surface area contributed by atoms with E-state index in [0.29, 0.717) is 22.0 Å². The lowest BCUT2D eigenvalue weighted by atomic mass is 10.1. The van der Waals surface area contributed by atoms with Crippen molar-refractivity contribution in [1.29, 1.82) is 0 Å². The molecule has 7 heteroatoms. The molecule has 0 bridgehead atoms. The van der Waals surface area contributed by atoms with E-state index in [9.17, 15) is 4.79 Å². The van der Waals surface area contributed by atoms with Crippen molar-refractivity contribution in [2.45, 2.75) is 0 Å². The summed E-state index contributed by atoms with van der Waals surface area (Å²) in [6.07, 6.45) is 3.09. The van der Waals surface area contributed by atoms with Gasteiger partial charge in [-0.05, 0) is 30.3 Å².